The number of nitro groups is 1. The number of nitrogens with one attached hydrogen (secondary N) is 1. The van der Waals surface area contributed by atoms with Gasteiger partial charge in [-0.15, -0.1) is 10.2 Å². The number of carbonyl (C=O) groups excluding carboxylic acids is 1. The summed E-state index contributed by atoms with van der Waals surface area (Å²) in [6.45, 7) is 0.175. The summed E-state index contributed by atoms with van der Waals surface area (Å²) in [4.78, 5) is 33.5. The van der Waals surface area contributed by atoms with Crippen LogP contribution in [0.15, 0.2) is 34.6 Å². The molecular weight excluding hydrogens is 350 g/mol. The number of carbonyl (C=O) groups is 2. The Morgan fingerprint density at radius 3 is 2.80 bits per heavy atom. The van der Waals surface area contributed by atoms with Gasteiger partial charge in [0.25, 0.3) is 11.6 Å². The minimum absolute atomic E-state index is 0.0618. The third-order valence-corrected chi connectivity index (χ3v) is 4.26. The van der Waals surface area contributed by atoms with Crippen LogP contribution in [0, 0.1) is 10.1 Å². The summed E-state index contributed by atoms with van der Waals surface area (Å²) in [7, 11) is 1.72. The van der Waals surface area contributed by atoms with Gasteiger partial charge in [0.05, 0.1) is 9.82 Å². The largest absolute Gasteiger partial charge is 0.481 e. The maximum absolute atomic E-state index is 12.0. The summed E-state index contributed by atoms with van der Waals surface area (Å²) < 4.78 is 1.62. The van der Waals surface area contributed by atoms with Crippen LogP contribution < -0.4 is 5.32 Å². The molecule has 1 amide bonds. The molecular formula is C14H15N5O5S. The number of aliphatic carboxylic acids is 1. The molecule has 25 heavy (non-hydrogen) atoms. The molecule has 0 aliphatic heterocycles. The quantitative estimate of drug-likeness (QED) is 0.407. The molecule has 2 N–H and O–H groups in total. The van der Waals surface area contributed by atoms with Gasteiger partial charge in [0.1, 0.15) is 6.33 Å². The highest BCUT2D eigenvalue weighted by molar-refractivity contribution is 7.99. The van der Waals surface area contributed by atoms with Crippen molar-refractivity contribution in [2.24, 2.45) is 7.05 Å². The maximum Gasteiger partial charge on any atom is 0.303 e. The van der Waals surface area contributed by atoms with Crippen LogP contribution in [0.1, 0.15) is 23.2 Å². The van der Waals surface area contributed by atoms with E-state index >= 15 is 0 Å². The lowest BCUT2D eigenvalue weighted by atomic mass is 10.2. The van der Waals surface area contributed by atoms with E-state index in [1.54, 1.807) is 11.6 Å². The third-order valence-electron chi connectivity index (χ3n) is 3.14. The number of carboxylic acid groups (broad SMARTS) is 1. The van der Waals surface area contributed by atoms with Crippen LogP contribution >= 0.6 is 11.8 Å². The summed E-state index contributed by atoms with van der Waals surface area (Å²) in [6.07, 6.45) is 1.70. The first-order valence-electron chi connectivity index (χ1n) is 7.18. The Kier molecular flexibility index (Phi) is 6.06. The van der Waals surface area contributed by atoms with E-state index in [1.807, 2.05) is 0 Å². The van der Waals surface area contributed by atoms with Crippen LogP contribution in [0.25, 0.3) is 0 Å². The average molecular weight is 365 g/mol. The molecule has 0 aliphatic rings. The van der Waals surface area contributed by atoms with Gasteiger partial charge in [-0.05, 0) is 30.3 Å². The number of amides is 1. The van der Waals surface area contributed by atoms with E-state index in [-0.39, 0.29) is 30.6 Å². The van der Waals surface area contributed by atoms with E-state index in [0.717, 1.165) is 11.8 Å². The number of aryl methyl sites for hydroxylation is 1. The van der Waals surface area contributed by atoms with Crippen LogP contribution in [0.2, 0.25) is 0 Å². The van der Waals surface area contributed by atoms with Gasteiger partial charge in [-0.3, -0.25) is 19.7 Å². The average Bonchev–Trinajstić information content (AvgIpc) is 2.96. The van der Waals surface area contributed by atoms with Gasteiger partial charge in [0.2, 0.25) is 0 Å². The van der Waals surface area contributed by atoms with Crippen LogP contribution in [0.3, 0.4) is 0 Å². The molecule has 0 bridgehead atoms. The van der Waals surface area contributed by atoms with Crippen molar-refractivity contribution in [3.05, 3.63) is 40.2 Å². The molecule has 2 aromatic rings. The first kappa shape index (κ1) is 18.4. The van der Waals surface area contributed by atoms with E-state index in [2.05, 4.69) is 15.5 Å². The topological polar surface area (TPSA) is 140 Å². The molecule has 2 rings (SSSR count). The van der Waals surface area contributed by atoms with E-state index in [9.17, 15) is 19.7 Å². The van der Waals surface area contributed by atoms with Crippen LogP contribution in [0.5, 0.6) is 0 Å². The Bertz CT molecular complexity index is 807. The van der Waals surface area contributed by atoms with Gasteiger partial charge < -0.3 is 15.0 Å². The number of nitro benzene ring substituents is 1. The van der Waals surface area contributed by atoms with Gasteiger partial charge in [0, 0.05) is 31.6 Å². The molecule has 11 heteroatoms. The first-order chi connectivity index (χ1) is 11.9. The number of aromatic nitrogens is 3. The molecule has 0 atom stereocenters. The lowest BCUT2D eigenvalue weighted by molar-refractivity contribution is -0.387. The summed E-state index contributed by atoms with van der Waals surface area (Å²) in [5.41, 5.74) is -0.0875. The number of benzene rings is 1. The molecule has 0 spiro atoms. The van der Waals surface area contributed by atoms with Crippen LogP contribution in [-0.2, 0) is 11.8 Å². The summed E-state index contributed by atoms with van der Waals surface area (Å²) in [5, 5.41) is 30.4. The lowest BCUT2D eigenvalue weighted by Crippen LogP contribution is -2.25. The van der Waals surface area contributed by atoms with Gasteiger partial charge >= 0.3 is 5.97 Å². The zero-order valence-electron chi connectivity index (χ0n) is 13.2. The molecule has 1 aromatic heterocycles. The molecule has 0 saturated heterocycles. The molecule has 0 radical (unpaired) electrons. The summed E-state index contributed by atoms with van der Waals surface area (Å²) in [6, 6.07) is 4.13. The second kappa shape index (κ2) is 8.24. The summed E-state index contributed by atoms with van der Waals surface area (Å²) >= 11 is 1.07. The van der Waals surface area contributed by atoms with E-state index < -0.39 is 16.8 Å². The first-order valence-corrected chi connectivity index (χ1v) is 8.00. The number of hydrogen-bond acceptors (Lipinski definition) is 7. The number of carboxylic acids is 1. The highest BCUT2D eigenvalue weighted by Crippen LogP contribution is 2.34. The van der Waals surface area contributed by atoms with Crippen LogP contribution in [-0.4, -0.2) is 43.2 Å². The van der Waals surface area contributed by atoms with Crippen LogP contribution in [0.4, 0.5) is 5.69 Å². The van der Waals surface area contributed by atoms with Gasteiger partial charge in [0.15, 0.2) is 5.16 Å². The Morgan fingerprint density at radius 1 is 1.44 bits per heavy atom. The monoisotopic (exact) mass is 365 g/mol. The number of hydrogen-bond donors (Lipinski definition) is 2. The van der Waals surface area contributed by atoms with Crippen molar-refractivity contribution < 1.29 is 19.6 Å². The maximum atomic E-state index is 12.0. The standard InChI is InChI=1S/C14H15N5O5S/c1-18-8-16-17-14(18)25-11-5-4-9(7-10(11)19(23)24)13(22)15-6-2-3-12(20)21/h4-5,7-8H,2-3,6H2,1H3,(H,15,22)(H,20,21). The third kappa shape index (κ3) is 5.01. The molecule has 0 saturated carbocycles. The second-order valence-corrected chi connectivity index (χ2v) is 6.03. The number of nitrogens with zero attached hydrogens (tertiary/aromatic N) is 4. The molecule has 0 fully saturated rings. The molecule has 1 heterocycles. The van der Waals surface area contributed by atoms with E-state index in [1.165, 1.54) is 24.5 Å². The van der Waals surface area contributed by atoms with Gasteiger partial charge in [-0.1, -0.05) is 0 Å². The lowest BCUT2D eigenvalue weighted by Gasteiger charge is -2.06. The molecule has 0 unspecified atom stereocenters. The minimum atomic E-state index is -0.949. The molecule has 132 valence electrons. The van der Waals surface area contributed by atoms with E-state index in [4.69, 9.17) is 5.11 Å². The highest BCUT2D eigenvalue weighted by atomic mass is 32.2. The molecule has 10 nitrogen and oxygen atoms in total. The predicted octanol–water partition coefficient (Wildman–Crippen LogP) is 1.47. The van der Waals surface area contributed by atoms with E-state index in [0.29, 0.717) is 10.1 Å². The van der Waals surface area contributed by atoms with Gasteiger partial charge in [-0.2, -0.15) is 0 Å². The van der Waals surface area contributed by atoms with Crippen molar-refractivity contribution in [3.63, 3.8) is 0 Å². The van der Waals surface area contributed by atoms with Crippen molar-refractivity contribution in [2.45, 2.75) is 22.9 Å². The Labute approximate surface area is 146 Å². The number of rotatable bonds is 8. The Morgan fingerprint density at radius 2 is 2.20 bits per heavy atom. The fourth-order valence-corrected chi connectivity index (χ4v) is 2.74. The summed E-state index contributed by atoms with van der Waals surface area (Å²) in [5.74, 6) is -1.45. The van der Waals surface area contributed by atoms with Crippen molar-refractivity contribution in [1.82, 2.24) is 20.1 Å². The van der Waals surface area contributed by atoms with Crippen molar-refractivity contribution in [3.8, 4) is 0 Å². The minimum Gasteiger partial charge on any atom is -0.481 e. The second-order valence-electron chi connectivity index (χ2n) is 5.02. The molecule has 1 aromatic carbocycles. The Hall–Kier alpha value is -2.95. The normalized spacial score (nSPS) is 10.4. The zero-order valence-corrected chi connectivity index (χ0v) is 14.0. The predicted molar refractivity (Wildman–Crippen MR) is 87.4 cm³/mol. The fourth-order valence-electron chi connectivity index (χ4n) is 1.89. The fraction of sp³-hybridized carbons (Fsp3) is 0.286. The van der Waals surface area contributed by atoms with Crippen molar-refractivity contribution >= 4 is 29.3 Å². The smallest absolute Gasteiger partial charge is 0.303 e. The van der Waals surface area contributed by atoms with Gasteiger partial charge in [-0.25, -0.2) is 0 Å². The SMILES string of the molecule is Cn1cnnc1Sc1ccc(C(=O)NCCCC(=O)O)cc1[N+](=O)[O-]. The van der Waals surface area contributed by atoms with Crippen molar-refractivity contribution in [1.29, 1.82) is 0 Å². The zero-order chi connectivity index (χ0) is 18.4. The molecule has 0 aliphatic carbocycles. The van der Waals surface area contributed by atoms with Crippen molar-refractivity contribution in [2.75, 3.05) is 6.54 Å². The Balaban J connectivity index is 2.12. The highest BCUT2D eigenvalue weighted by Gasteiger charge is 2.20.